The van der Waals surface area contributed by atoms with E-state index < -0.39 is 11.6 Å². The van der Waals surface area contributed by atoms with Gasteiger partial charge in [0, 0.05) is 24.4 Å². The normalized spacial score (nSPS) is 10.8. The first-order valence-electron chi connectivity index (χ1n) is 6.55. The van der Waals surface area contributed by atoms with E-state index in [0.29, 0.717) is 24.4 Å². The van der Waals surface area contributed by atoms with Gasteiger partial charge in [-0.25, -0.2) is 18.7 Å². The molecule has 0 aliphatic carbocycles. The third-order valence-electron chi connectivity index (χ3n) is 2.92. The minimum atomic E-state index is -0.552. The Morgan fingerprint density at radius 1 is 1.05 bits per heavy atom. The van der Waals surface area contributed by atoms with Crippen LogP contribution in [0.2, 0.25) is 0 Å². The Morgan fingerprint density at radius 3 is 2.40 bits per heavy atom. The zero-order chi connectivity index (χ0) is 14.5. The van der Waals surface area contributed by atoms with E-state index >= 15 is 0 Å². The maximum Gasteiger partial charge on any atom is 0.129 e. The van der Waals surface area contributed by atoms with Gasteiger partial charge in [0.25, 0.3) is 0 Å². The third kappa shape index (κ3) is 3.98. The molecule has 0 radical (unpaired) electrons. The molecule has 0 atom stereocenters. The van der Waals surface area contributed by atoms with Gasteiger partial charge < -0.3 is 5.32 Å². The van der Waals surface area contributed by atoms with E-state index in [1.54, 1.807) is 0 Å². The molecule has 106 valence electrons. The zero-order valence-corrected chi connectivity index (χ0v) is 11.5. The lowest BCUT2D eigenvalue weighted by Crippen LogP contribution is -2.08. The first-order chi connectivity index (χ1) is 9.54. The molecule has 0 fully saturated rings. The molecule has 1 N–H and O–H groups in total. The molecule has 2 aromatic rings. The third-order valence-corrected chi connectivity index (χ3v) is 2.92. The standard InChI is InChI=1S/C15H17F2N3/c1-10(2)14-8-15(20-9-19-14)18-4-3-11-5-12(16)7-13(17)6-11/h5-10H,3-4H2,1-2H3,(H,18,19,20). The molecule has 2 rings (SSSR count). The summed E-state index contributed by atoms with van der Waals surface area (Å²) < 4.78 is 26.1. The van der Waals surface area contributed by atoms with Crippen LogP contribution in [0.5, 0.6) is 0 Å². The molecule has 0 spiro atoms. The lowest BCUT2D eigenvalue weighted by Gasteiger charge is -2.08. The highest BCUT2D eigenvalue weighted by Gasteiger charge is 2.04. The number of hydrogen-bond acceptors (Lipinski definition) is 3. The number of rotatable bonds is 5. The second-order valence-corrected chi connectivity index (χ2v) is 4.94. The number of nitrogens with zero attached hydrogens (tertiary/aromatic N) is 2. The van der Waals surface area contributed by atoms with Crippen LogP contribution in [0.15, 0.2) is 30.6 Å². The molecule has 0 saturated heterocycles. The van der Waals surface area contributed by atoms with Crippen molar-refractivity contribution in [1.82, 2.24) is 9.97 Å². The van der Waals surface area contributed by atoms with E-state index in [2.05, 4.69) is 29.1 Å². The van der Waals surface area contributed by atoms with Gasteiger partial charge in [-0.1, -0.05) is 13.8 Å². The van der Waals surface area contributed by atoms with Crippen molar-refractivity contribution in [2.24, 2.45) is 0 Å². The Morgan fingerprint density at radius 2 is 1.75 bits per heavy atom. The molecule has 0 bridgehead atoms. The fraction of sp³-hybridized carbons (Fsp3) is 0.333. The lowest BCUT2D eigenvalue weighted by atomic mass is 10.1. The fourth-order valence-corrected chi connectivity index (χ4v) is 1.87. The van der Waals surface area contributed by atoms with Crippen molar-refractivity contribution in [3.05, 3.63) is 53.5 Å². The molecule has 1 heterocycles. The SMILES string of the molecule is CC(C)c1cc(NCCc2cc(F)cc(F)c2)ncn1. The van der Waals surface area contributed by atoms with Crippen LogP contribution >= 0.6 is 0 Å². The van der Waals surface area contributed by atoms with E-state index in [0.717, 1.165) is 17.6 Å². The Balaban J connectivity index is 1.94. The topological polar surface area (TPSA) is 37.8 Å². The number of benzene rings is 1. The van der Waals surface area contributed by atoms with Crippen molar-refractivity contribution in [3.8, 4) is 0 Å². The van der Waals surface area contributed by atoms with Crippen molar-refractivity contribution in [1.29, 1.82) is 0 Å². The van der Waals surface area contributed by atoms with Crippen molar-refractivity contribution in [2.75, 3.05) is 11.9 Å². The number of nitrogens with one attached hydrogen (secondary N) is 1. The van der Waals surface area contributed by atoms with Gasteiger partial charge in [0.1, 0.15) is 23.8 Å². The van der Waals surface area contributed by atoms with Crippen LogP contribution in [-0.2, 0) is 6.42 Å². The monoisotopic (exact) mass is 277 g/mol. The van der Waals surface area contributed by atoms with Crippen LogP contribution < -0.4 is 5.32 Å². The molecule has 5 heteroatoms. The van der Waals surface area contributed by atoms with E-state index in [-0.39, 0.29) is 0 Å². The highest BCUT2D eigenvalue weighted by atomic mass is 19.1. The minimum Gasteiger partial charge on any atom is -0.370 e. The van der Waals surface area contributed by atoms with Crippen molar-refractivity contribution < 1.29 is 8.78 Å². The van der Waals surface area contributed by atoms with Gasteiger partial charge in [-0.05, 0) is 30.0 Å². The fourth-order valence-electron chi connectivity index (χ4n) is 1.87. The van der Waals surface area contributed by atoms with Gasteiger partial charge in [-0.3, -0.25) is 0 Å². The van der Waals surface area contributed by atoms with Crippen LogP contribution in [0.25, 0.3) is 0 Å². The molecule has 1 aromatic carbocycles. The quantitative estimate of drug-likeness (QED) is 0.908. The summed E-state index contributed by atoms with van der Waals surface area (Å²) in [6, 6.07) is 5.43. The first-order valence-corrected chi connectivity index (χ1v) is 6.55. The summed E-state index contributed by atoms with van der Waals surface area (Å²) in [5.74, 6) is -0.0512. The van der Waals surface area contributed by atoms with Gasteiger partial charge in [-0.15, -0.1) is 0 Å². The lowest BCUT2D eigenvalue weighted by molar-refractivity contribution is 0.580. The second-order valence-electron chi connectivity index (χ2n) is 4.94. The van der Waals surface area contributed by atoms with Gasteiger partial charge >= 0.3 is 0 Å². The van der Waals surface area contributed by atoms with Crippen LogP contribution in [-0.4, -0.2) is 16.5 Å². The minimum absolute atomic E-state index is 0.330. The smallest absolute Gasteiger partial charge is 0.129 e. The van der Waals surface area contributed by atoms with E-state index in [1.807, 2.05) is 6.07 Å². The summed E-state index contributed by atoms with van der Waals surface area (Å²) in [5.41, 5.74) is 1.58. The molecule has 0 aliphatic heterocycles. The second kappa shape index (κ2) is 6.41. The number of aromatic nitrogens is 2. The molecule has 3 nitrogen and oxygen atoms in total. The number of hydrogen-bond donors (Lipinski definition) is 1. The summed E-state index contributed by atoms with van der Waals surface area (Å²) >= 11 is 0. The predicted molar refractivity (Wildman–Crippen MR) is 74.7 cm³/mol. The molecule has 20 heavy (non-hydrogen) atoms. The highest BCUT2D eigenvalue weighted by Crippen LogP contribution is 2.14. The van der Waals surface area contributed by atoms with Crippen LogP contribution in [0.4, 0.5) is 14.6 Å². The number of anilines is 1. The van der Waals surface area contributed by atoms with Gasteiger partial charge in [0.15, 0.2) is 0 Å². The maximum atomic E-state index is 13.0. The van der Waals surface area contributed by atoms with Crippen LogP contribution in [0, 0.1) is 11.6 Å². The van der Waals surface area contributed by atoms with E-state index in [4.69, 9.17) is 0 Å². The Hall–Kier alpha value is -2.04. The summed E-state index contributed by atoms with van der Waals surface area (Å²) in [6.07, 6.45) is 2.04. The summed E-state index contributed by atoms with van der Waals surface area (Å²) in [5, 5.41) is 3.13. The largest absolute Gasteiger partial charge is 0.370 e. The molecule has 0 aliphatic rings. The summed E-state index contributed by atoms with van der Waals surface area (Å²) in [6.45, 7) is 4.67. The molecule has 0 amide bonds. The maximum absolute atomic E-state index is 13.0. The average molecular weight is 277 g/mol. The number of halogens is 2. The van der Waals surface area contributed by atoms with E-state index in [9.17, 15) is 8.78 Å². The van der Waals surface area contributed by atoms with Gasteiger partial charge in [-0.2, -0.15) is 0 Å². The zero-order valence-electron chi connectivity index (χ0n) is 11.5. The molecule has 1 aromatic heterocycles. The Kier molecular flexibility index (Phi) is 4.61. The summed E-state index contributed by atoms with van der Waals surface area (Å²) in [7, 11) is 0. The molecular formula is C15H17F2N3. The predicted octanol–water partition coefficient (Wildman–Crippen LogP) is 3.53. The van der Waals surface area contributed by atoms with Crippen LogP contribution in [0.3, 0.4) is 0 Å². The Bertz CT molecular complexity index is 565. The molecule has 0 unspecified atom stereocenters. The average Bonchev–Trinajstić information content (AvgIpc) is 2.38. The molecular weight excluding hydrogens is 260 g/mol. The highest BCUT2D eigenvalue weighted by molar-refractivity contribution is 5.36. The molecule has 0 saturated carbocycles. The Labute approximate surface area is 117 Å². The van der Waals surface area contributed by atoms with Crippen molar-refractivity contribution in [3.63, 3.8) is 0 Å². The van der Waals surface area contributed by atoms with Crippen molar-refractivity contribution >= 4 is 5.82 Å². The van der Waals surface area contributed by atoms with Gasteiger partial charge in [0.05, 0.1) is 0 Å². The van der Waals surface area contributed by atoms with Crippen LogP contribution in [0.1, 0.15) is 31.0 Å². The summed E-state index contributed by atoms with van der Waals surface area (Å²) in [4.78, 5) is 8.30. The first kappa shape index (κ1) is 14.4. The van der Waals surface area contributed by atoms with Gasteiger partial charge in [0.2, 0.25) is 0 Å². The van der Waals surface area contributed by atoms with E-state index in [1.165, 1.54) is 18.5 Å². The van der Waals surface area contributed by atoms with Crippen molar-refractivity contribution in [2.45, 2.75) is 26.2 Å².